The molecule has 0 radical (unpaired) electrons. The molecule has 20 heavy (non-hydrogen) atoms. The lowest BCUT2D eigenvalue weighted by Crippen LogP contribution is -2.24. The Labute approximate surface area is 120 Å². The van der Waals surface area contributed by atoms with Crippen LogP contribution in [0.4, 0.5) is 5.95 Å². The molecule has 1 aromatic heterocycles. The van der Waals surface area contributed by atoms with Crippen LogP contribution in [-0.2, 0) is 0 Å². The Kier molecular flexibility index (Phi) is 5.38. The van der Waals surface area contributed by atoms with E-state index in [2.05, 4.69) is 27.2 Å². The summed E-state index contributed by atoms with van der Waals surface area (Å²) in [6.07, 6.45) is 5.65. The van der Waals surface area contributed by atoms with Crippen LogP contribution in [0.2, 0.25) is 0 Å². The van der Waals surface area contributed by atoms with Crippen LogP contribution in [-0.4, -0.2) is 34.7 Å². The second kappa shape index (κ2) is 7.26. The van der Waals surface area contributed by atoms with Crippen LogP contribution in [0.1, 0.15) is 46.0 Å². The molecule has 1 aliphatic carbocycles. The van der Waals surface area contributed by atoms with Crippen molar-refractivity contribution in [3.05, 3.63) is 0 Å². The first-order chi connectivity index (χ1) is 9.71. The minimum atomic E-state index is 0.206. The van der Waals surface area contributed by atoms with Crippen molar-refractivity contribution in [3.63, 3.8) is 0 Å². The van der Waals surface area contributed by atoms with Crippen molar-refractivity contribution in [2.75, 3.05) is 19.0 Å². The summed E-state index contributed by atoms with van der Waals surface area (Å²) < 4.78 is 11.3. The lowest BCUT2D eigenvalue weighted by atomic mass is 9.89. The molecule has 0 unspecified atom stereocenters. The summed E-state index contributed by atoms with van der Waals surface area (Å²) in [6.45, 7) is 4.92. The van der Waals surface area contributed by atoms with Gasteiger partial charge in [-0.15, -0.1) is 4.98 Å². The highest BCUT2D eigenvalue weighted by atomic mass is 16.5. The Morgan fingerprint density at radius 3 is 2.45 bits per heavy atom. The van der Waals surface area contributed by atoms with Gasteiger partial charge in [0.25, 0.3) is 0 Å². The molecule has 0 aliphatic heterocycles. The molecule has 0 atom stereocenters. The van der Waals surface area contributed by atoms with Crippen molar-refractivity contribution in [2.24, 2.45) is 5.92 Å². The largest absolute Gasteiger partial charge is 0.463 e. The summed E-state index contributed by atoms with van der Waals surface area (Å²) in [5, 5.41) is 2.91. The highest BCUT2D eigenvalue weighted by molar-refractivity contribution is 5.26. The van der Waals surface area contributed by atoms with E-state index in [1.807, 2.05) is 6.92 Å². The maximum atomic E-state index is 5.88. The molecule has 112 valence electrons. The zero-order valence-electron chi connectivity index (χ0n) is 12.6. The number of ether oxygens (including phenoxy) is 2. The van der Waals surface area contributed by atoms with Crippen LogP contribution in [0.15, 0.2) is 0 Å². The molecule has 2 rings (SSSR count). The predicted molar refractivity (Wildman–Crippen MR) is 77.2 cm³/mol. The van der Waals surface area contributed by atoms with Crippen molar-refractivity contribution < 1.29 is 9.47 Å². The van der Waals surface area contributed by atoms with E-state index in [-0.39, 0.29) is 6.10 Å². The Bertz CT molecular complexity index is 420. The lowest BCUT2D eigenvalue weighted by molar-refractivity contribution is 0.122. The average molecular weight is 280 g/mol. The van der Waals surface area contributed by atoms with E-state index < -0.39 is 0 Å². The number of nitrogens with zero attached hydrogens (tertiary/aromatic N) is 3. The van der Waals surface area contributed by atoms with Crippen LogP contribution >= 0.6 is 0 Å². The second-order valence-corrected chi connectivity index (χ2v) is 5.32. The van der Waals surface area contributed by atoms with Gasteiger partial charge in [0.1, 0.15) is 6.10 Å². The van der Waals surface area contributed by atoms with Gasteiger partial charge in [-0.1, -0.05) is 13.8 Å². The third-order valence-corrected chi connectivity index (χ3v) is 3.49. The van der Waals surface area contributed by atoms with Gasteiger partial charge in [-0.25, -0.2) is 0 Å². The zero-order valence-corrected chi connectivity index (χ0v) is 12.6. The normalized spacial score (nSPS) is 22.4. The average Bonchev–Trinajstić information content (AvgIpc) is 2.47. The van der Waals surface area contributed by atoms with Crippen molar-refractivity contribution in [2.45, 2.75) is 52.1 Å². The Morgan fingerprint density at radius 2 is 1.80 bits per heavy atom. The summed E-state index contributed by atoms with van der Waals surface area (Å²) in [7, 11) is 1.77. The van der Waals surface area contributed by atoms with Gasteiger partial charge in [0, 0.05) is 7.05 Å². The van der Waals surface area contributed by atoms with Gasteiger partial charge in [-0.3, -0.25) is 0 Å². The predicted octanol–water partition coefficient (Wildman–Crippen LogP) is 2.66. The highest BCUT2D eigenvalue weighted by Crippen LogP contribution is 2.26. The Balaban J connectivity index is 2.02. The number of hydrogen-bond acceptors (Lipinski definition) is 6. The minimum Gasteiger partial charge on any atom is -0.463 e. The van der Waals surface area contributed by atoms with Crippen molar-refractivity contribution in [1.82, 2.24) is 15.0 Å². The molecule has 0 spiro atoms. The van der Waals surface area contributed by atoms with E-state index in [1.165, 1.54) is 12.8 Å². The van der Waals surface area contributed by atoms with Crippen molar-refractivity contribution >= 4 is 5.95 Å². The Hall–Kier alpha value is -1.59. The summed E-state index contributed by atoms with van der Waals surface area (Å²) in [5.41, 5.74) is 0. The molecular formula is C14H24N4O2. The smallest absolute Gasteiger partial charge is 0.324 e. The number of rotatable bonds is 6. The molecule has 0 aromatic carbocycles. The highest BCUT2D eigenvalue weighted by Gasteiger charge is 2.21. The number of nitrogens with one attached hydrogen (secondary N) is 1. The molecule has 1 fully saturated rings. The topological polar surface area (TPSA) is 69.2 Å². The van der Waals surface area contributed by atoms with E-state index in [9.17, 15) is 0 Å². The first-order valence-corrected chi connectivity index (χ1v) is 7.44. The van der Waals surface area contributed by atoms with Crippen molar-refractivity contribution in [3.8, 4) is 12.0 Å². The fourth-order valence-corrected chi connectivity index (χ4v) is 2.26. The monoisotopic (exact) mass is 280 g/mol. The SMILES string of the molecule is CCCOc1nc(NC)nc(OC2CCC(C)CC2)n1. The first-order valence-electron chi connectivity index (χ1n) is 7.44. The van der Waals surface area contributed by atoms with Crippen molar-refractivity contribution in [1.29, 1.82) is 0 Å². The molecule has 6 heteroatoms. The fourth-order valence-electron chi connectivity index (χ4n) is 2.26. The second-order valence-electron chi connectivity index (χ2n) is 5.32. The molecular weight excluding hydrogens is 256 g/mol. The molecule has 1 saturated carbocycles. The van der Waals surface area contributed by atoms with Gasteiger partial charge in [-0.05, 0) is 38.0 Å². The molecule has 1 N–H and O–H groups in total. The molecule has 6 nitrogen and oxygen atoms in total. The van der Waals surface area contributed by atoms with Gasteiger partial charge in [0.2, 0.25) is 5.95 Å². The summed E-state index contributed by atoms with van der Waals surface area (Å²) in [4.78, 5) is 12.6. The van der Waals surface area contributed by atoms with E-state index in [0.717, 1.165) is 25.2 Å². The molecule has 1 aliphatic rings. The van der Waals surface area contributed by atoms with Gasteiger partial charge >= 0.3 is 12.0 Å². The van der Waals surface area contributed by atoms with Gasteiger partial charge in [-0.2, -0.15) is 9.97 Å². The van der Waals surface area contributed by atoms with E-state index in [0.29, 0.717) is 24.6 Å². The summed E-state index contributed by atoms with van der Waals surface area (Å²) in [5.74, 6) is 1.27. The number of anilines is 1. The fraction of sp³-hybridized carbons (Fsp3) is 0.786. The molecule has 0 saturated heterocycles. The number of aromatic nitrogens is 3. The van der Waals surface area contributed by atoms with Gasteiger partial charge in [0.15, 0.2) is 0 Å². The summed E-state index contributed by atoms with van der Waals surface area (Å²) >= 11 is 0. The zero-order chi connectivity index (χ0) is 14.4. The standard InChI is InChI=1S/C14H24N4O2/c1-4-9-19-13-16-12(15-3)17-14(18-13)20-11-7-5-10(2)6-8-11/h10-11H,4-9H2,1-3H3,(H,15,16,17,18). The first kappa shape index (κ1) is 14.8. The van der Waals surface area contributed by atoms with E-state index in [1.54, 1.807) is 7.05 Å². The van der Waals surface area contributed by atoms with Crippen LogP contribution in [0.25, 0.3) is 0 Å². The molecule has 1 heterocycles. The van der Waals surface area contributed by atoms with E-state index >= 15 is 0 Å². The van der Waals surface area contributed by atoms with Crippen LogP contribution in [0.3, 0.4) is 0 Å². The maximum absolute atomic E-state index is 5.88. The third kappa shape index (κ3) is 4.21. The molecule has 0 amide bonds. The van der Waals surface area contributed by atoms with Gasteiger partial charge < -0.3 is 14.8 Å². The summed E-state index contributed by atoms with van der Waals surface area (Å²) in [6, 6.07) is 0.681. The molecule has 0 bridgehead atoms. The van der Waals surface area contributed by atoms with E-state index in [4.69, 9.17) is 9.47 Å². The van der Waals surface area contributed by atoms with Gasteiger partial charge in [0.05, 0.1) is 6.61 Å². The third-order valence-electron chi connectivity index (χ3n) is 3.49. The van der Waals surface area contributed by atoms with Crippen LogP contribution in [0.5, 0.6) is 12.0 Å². The maximum Gasteiger partial charge on any atom is 0.324 e. The molecule has 1 aromatic rings. The minimum absolute atomic E-state index is 0.206. The van der Waals surface area contributed by atoms with Crippen LogP contribution in [0, 0.1) is 5.92 Å². The number of hydrogen-bond donors (Lipinski definition) is 1. The quantitative estimate of drug-likeness (QED) is 0.864. The lowest BCUT2D eigenvalue weighted by Gasteiger charge is -2.25. The Morgan fingerprint density at radius 1 is 1.10 bits per heavy atom. The van der Waals surface area contributed by atoms with Crippen LogP contribution < -0.4 is 14.8 Å².